The number of nitrogens with one attached hydrogen (secondary N) is 2. The van der Waals surface area contributed by atoms with Crippen molar-refractivity contribution in [3.8, 4) is 0 Å². The molecule has 1 aromatic heterocycles. The van der Waals surface area contributed by atoms with Gasteiger partial charge in [0, 0.05) is 73.5 Å². The molecule has 4 aliphatic rings. The number of carbonyl (C=O) groups excluding carboxylic acids is 3. The number of benzene rings is 1. The first-order valence-corrected chi connectivity index (χ1v) is 20.2. The van der Waals surface area contributed by atoms with Gasteiger partial charge in [0.25, 0.3) is 0 Å². The molecule has 4 fully saturated rings. The standard InChI is InChI=1S/C42H60ClN3O7/c1-25(7-12-39(49)50-6)32-10-11-33-40-34(24-38(42(32,33)5)53-27(3)48)41(4)15-13-30(21-28(41)22-37(40)52-26(2)47)51-20-19-44-17-18-46-35-14-16-45-36-23-29(43)8-9-31(35)36/h8-9,14,16,23,25,28,30,32-34,37-38,40,44H,7,10-13,15,17-22,24H2,1-6H3,(H,45,46)/t25?,28-,30+,32+,33-,34-,37+,38?,40-,41-,42+/m0/s1. The number of aromatic nitrogens is 1. The van der Waals surface area contributed by atoms with Crippen LogP contribution in [0.3, 0.4) is 0 Å². The minimum atomic E-state index is -0.271. The third kappa shape index (κ3) is 8.35. The van der Waals surface area contributed by atoms with Crippen molar-refractivity contribution in [3.05, 3.63) is 35.5 Å². The number of hydrogen-bond donors (Lipinski definition) is 2. The average molecular weight is 754 g/mol. The molecule has 1 aromatic carbocycles. The van der Waals surface area contributed by atoms with Crippen molar-refractivity contribution in [3.63, 3.8) is 0 Å². The summed E-state index contributed by atoms with van der Waals surface area (Å²) in [7, 11) is 1.44. The lowest BCUT2D eigenvalue weighted by atomic mass is 9.43. The van der Waals surface area contributed by atoms with E-state index in [0.717, 1.165) is 87.6 Å². The number of esters is 3. The number of pyridine rings is 1. The van der Waals surface area contributed by atoms with E-state index in [1.54, 1.807) is 6.20 Å². The summed E-state index contributed by atoms with van der Waals surface area (Å²) in [5, 5.41) is 8.74. The third-order valence-corrected chi connectivity index (χ3v) is 14.3. The van der Waals surface area contributed by atoms with Crippen LogP contribution in [0.4, 0.5) is 5.69 Å². The Morgan fingerprint density at radius 2 is 1.77 bits per heavy atom. The van der Waals surface area contributed by atoms with Crippen molar-refractivity contribution >= 4 is 46.1 Å². The van der Waals surface area contributed by atoms with Gasteiger partial charge in [-0.25, -0.2) is 0 Å². The summed E-state index contributed by atoms with van der Waals surface area (Å²) in [6.45, 7) is 13.0. The molecule has 0 bridgehead atoms. The molecular weight excluding hydrogens is 694 g/mol. The number of rotatable bonds is 14. The molecule has 2 N–H and O–H groups in total. The predicted octanol–water partition coefficient (Wildman–Crippen LogP) is 7.61. The first kappa shape index (κ1) is 39.7. The van der Waals surface area contributed by atoms with Crippen molar-refractivity contribution in [2.75, 3.05) is 38.7 Å². The second kappa shape index (κ2) is 16.8. The zero-order chi connectivity index (χ0) is 37.9. The predicted molar refractivity (Wildman–Crippen MR) is 205 cm³/mol. The van der Waals surface area contributed by atoms with Crippen LogP contribution < -0.4 is 10.6 Å². The van der Waals surface area contributed by atoms with Crippen LogP contribution in [0.5, 0.6) is 0 Å². The molecule has 0 saturated heterocycles. The second-order valence-corrected chi connectivity index (χ2v) is 17.3. The molecular formula is C42H60ClN3O7. The van der Waals surface area contributed by atoms with Gasteiger partial charge in [0.1, 0.15) is 12.2 Å². The monoisotopic (exact) mass is 753 g/mol. The molecule has 2 unspecified atom stereocenters. The maximum Gasteiger partial charge on any atom is 0.305 e. The summed E-state index contributed by atoms with van der Waals surface area (Å²) >= 11 is 6.14. The Hall–Kier alpha value is -2.95. The third-order valence-electron chi connectivity index (χ3n) is 14.1. The van der Waals surface area contributed by atoms with E-state index in [9.17, 15) is 14.4 Å². The first-order chi connectivity index (χ1) is 25.3. The van der Waals surface area contributed by atoms with Gasteiger partial charge >= 0.3 is 17.9 Å². The van der Waals surface area contributed by atoms with Crippen LogP contribution in [0.1, 0.15) is 92.4 Å². The number of methoxy groups -OCH3 is 1. The largest absolute Gasteiger partial charge is 0.469 e. The maximum absolute atomic E-state index is 12.7. The van der Waals surface area contributed by atoms with Gasteiger partial charge in [0.15, 0.2) is 0 Å². The van der Waals surface area contributed by atoms with Crippen LogP contribution in [-0.4, -0.2) is 74.6 Å². The first-order valence-electron chi connectivity index (χ1n) is 19.9. The van der Waals surface area contributed by atoms with E-state index < -0.39 is 0 Å². The van der Waals surface area contributed by atoms with Gasteiger partial charge in [-0.05, 0) is 111 Å². The highest BCUT2D eigenvalue weighted by Gasteiger charge is 2.67. The summed E-state index contributed by atoms with van der Waals surface area (Å²) in [6.07, 6.45) is 9.25. The van der Waals surface area contributed by atoms with E-state index in [2.05, 4.69) is 36.4 Å². The van der Waals surface area contributed by atoms with Crippen molar-refractivity contribution < 1.29 is 33.3 Å². The van der Waals surface area contributed by atoms with E-state index in [4.69, 9.17) is 30.5 Å². The minimum absolute atomic E-state index is 0.0296. The summed E-state index contributed by atoms with van der Waals surface area (Å²) in [5.41, 5.74) is 1.67. The lowest BCUT2D eigenvalue weighted by molar-refractivity contribution is -0.224. The Kier molecular flexibility index (Phi) is 12.6. The summed E-state index contributed by atoms with van der Waals surface area (Å²) in [5.74, 6) is 0.947. The van der Waals surface area contributed by atoms with E-state index in [-0.39, 0.29) is 76.6 Å². The number of ether oxygens (including phenoxy) is 4. The normalized spacial score (nSPS) is 33.9. The lowest BCUT2D eigenvalue weighted by Gasteiger charge is -2.64. The molecule has 4 aliphatic carbocycles. The van der Waals surface area contributed by atoms with Crippen LogP contribution in [0, 0.1) is 46.3 Å². The SMILES string of the molecule is COC(=O)CCC(C)[C@H]1CC[C@H]2[C@@H]3[C@H](OC(C)=O)C[C@@H]4C[C@H](OCCNCCNc5ccnc6cc(Cl)ccc56)CC[C@]4(C)[C@H]3CC(OC(C)=O)[C@]12C. The van der Waals surface area contributed by atoms with E-state index in [0.29, 0.717) is 24.0 Å². The molecule has 1 heterocycles. The van der Waals surface area contributed by atoms with Crippen molar-refractivity contribution in [1.82, 2.24) is 10.3 Å². The molecule has 2 aromatic rings. The van der Waals surface area contributed by atoms with Crippen molar-refractivity contribution in [2.45, 2.75) is 111 Å². The molecule has 0 radical (unpaired) electrons. The summed E-state index contributed by atoms with van der Waals surface area (Å²) < 4.78 is 24.0. The highest BCUT2D eigenvalue weighted by molar-refractivity contribution is 6.31. The van der Waals surface area contributed by atoms with Gasteiger partial charge in [-0.2, -0.15) is 0 Å². The van der Waals surface area contributed by atoms with Crippen LogP contribution in [-0.2, 0) is 33.3 Å². The molecule has 0 spiro atoms. The summed E-state index contributed by atoms with van der Waals surface area (Å²) in [4.78, 5) is 41.8. The average Bonchev–Trinajstić information content (AvgIpc) is 3.48. The fourth-order valence-corrected chi connectivity index (χ4v) is 11.7. The van der Waals surface area contributed by atoms with Gasteiger partial charge in [0.2, 0.25) is 0 Å². The highest BCUT2D eigenvalue weighted by atomic mass is 35.5. The molecule has 0 aliphatic heterocycles. The van der Waals surface area contributed by atoms with Gasteiger partial charge in [-0.3, -0.25) is 19.4 Å². The molecule has 292 valence electrons. The second-order valence-electron chi connectivity index (χ2n) is 16.8. The highest BCUT2D eigenvalue weighted by Crippen LogP contribution is 2.69. The van der Waals surface area contributed by atoms with E-state index >= 15 is 0 Å². The van der Waals surface area contributed by atoms with Gasteiger partial charge in [-0.15, -0.1) is 0 Å². The van der Waals surface area contributed by atoms with Gasteiger partial charge in [0.05, 0.1) is 25.3 Å². The van der Waals surface area contributed by atoms with Gasteiger partial charge in [-0.1, -0.05) is 32.4 Å². The van der Waals surface area contributed by atoms with Crippen molar-refractivity contribution in [1.29, 1.82) is 0 Å². The Bertz CT molecular complexity index is 1620. The maximum atomic E-state index is 12.7. The molecule has 11 atom stereocenters. The number of halogens is 1. The number of anilines is 1. The Balaban J connectivity index is 1.08. The molecule has 10 nitrogen and oxygen atoms in total. The Labute approximate surface area is 320 Å². The molecule has 4 saturated carbocycles. The number of hydrogen-bond acceptors (Lipinski definition) is 10. The topological polar surface area (TPSA) is 125 Å². The smallest absolute Gasteiger partial charge is 0.305 e. The number of fused-ring (bicyclic) bond motifs is 6. The van der Waals surface area contributed by atoms with Crippen LogP contribution >= 0.6 is 11.6 Å². The number of nitrogens with zero attached hydrogens (tertiary/aromatic N) is 1. The van der Waals surface area contributed by atoms with Crippen LogP contribution in [0.25, 0.3) is 10.9 Å². The molecule has 11 heteroatoms. The zero-order valence-corrected chi connectivity index (χ0v) is 33.2. The van der Waals surface area contributed by atoms with E-state index in [1.807, 2.05) is 24.3 Å². The molecule has 53 heavy (non-hydrogen) atoms. The van der Waals surface area contributed by atoms with Gasteiger partial charge < -0.3 is 29.6 Å². The van der Waals surface area contributed by atoms with Crippen molar-refractivity contribution in [2.24, 2.45) is 46.3 Å². The molecule has 6 rings (SSSR count). The Morgan fingerprint density at radius 1 is 0.981 bits per heavy atom. The van der Waals surface area contributed by atoms with E-state index in [1.165, 1.54) is 21.0 Å². The molecule has 0 amide bonds. The zero-order valence-electron chi connectivity index (χ0n) is 32.5. The lowest BCUT2D eigenvalue weighted by Crippen LogP contribution is -2.63. The fraction of sp³-hybridized carbons (Fsp3) is 0.714. The quantitative estimate of drug-likeness (QED) is 0.113. The minimum Gasteiger partial charge on any atom is -0.469 e. The number of carbonyl (C=O) groups is 3. The fourth-order valence-electron chi connectivity index (χ4n) is 11.6. The van der Waals surface area contributed by atoms with Crippen LogP contribution in [0.2, 0.25) is 5.02 Å². The van der Waals surface area contributed by atoms with Crippen LogP contribution in [0.15, 0.2) is 30.5 Å². The Morgan fingerprint density at radius 3 is 2.53 bits per heavy atom. The summed E-state index contributed by atoms with van der Waals surface area (Å²) in [6, 6.07) is 7.74.